The van der Waals surface area contributed by atoms with Gasteiger partial charge in [0.15, 0.2) is 0 Å². The maximum atomic E-state index is 13.5. The van der Waals surface area contributed by atoms with Crippen LogP contribution in [0, 0.1) is 5.82 Å². The Bertz CT molecular complexity index is 401. The van der Waals surface area contributed by atoms with Crippen molar-refractivity contribution in [1.29, 1.82) is 0 Å². The van der Waals surface area contributed by atoms with Gasteiger partial charge >= 0.3 is 0 Å². The normalized spacial score (nSPS) is 17.5. The molecule has 2 nitrogen and oxygen atoms in total. The smallest absolute Gasteiger partial charge is 0.125 e. The summed E-state index contributed by atoms with van der Waals surface area (Å²) in [5.74, 6) is 0.164. The molecule has 1 aromatic carbocycles. The van der Waals surface area contributed by atoms with Gasteiger partial charge in [0.25, 0.3) is 0 Å². The van der Waals surface area contributed by atoms with Crippen molar-refractivity contribution in [3.63, 3.8) is 0 Å². The predicted octanol–water partition coefficient (Wildman–Crippen LogP) is 3.09. The van der Waals surface area contributed by atoms with E-state index in [9.17, 15) is 4.39 Å². The van der Waals surface area contributed by atoms with Gasteiger partial charge in [0.2, 0.25) is 0 Å². The van der Waals surface area contributed by atoms with Gasteiger partial charge in [-0.05, 0) is 50.7 Å². The van der Waals surface area contributed by atoms with Crippen molar-refractivity contribution in [1.82, 2.24) is 4.90 Å². The molecule has 1 aromatic rings. The summed E-state index contributed by atoms with van der Waals surface area (Å²) in [6, 6.07) is 5.74. The number of hydrogen-bond acceptors (Lipinski definition) is 2. The summed E-state index contributed by atoms with van der Waals surface area (Å²) in [6.45, 7) is 1.96. The summed E-state index contributed by atoms with van der Waals surface area (Å²) in [5, 5.41) is 0. The van der Waals surface area contributed by atoms with Gasteiger partial charge in [-0.25, -0.2) is 4.39 Å². The fourth-order valence-electron chi connectivity index (χ4n) is 2.53. The van der Waals surface area contributed by atoms with E-state index in [1.165, 1.54) is 6.07 Å². The minimum atomic E-state index is -0.196. The molecular formula is C14H20ClFN2. The van der Waals surface area contributed by atoms with Crippen molar-refractivity contribution >= 4 is 17.3 Å². The van der Waals surface area contributed by atoms with Gasteiger partial charge in [-0.15, -0.1) is 11.6 Å². The second-order valence-corrected chi connectivity index (χ2v) is 5.40. The molecule has 0 spiro atoms. The fourth-order valence-corrected chi connectivity index (χ4v) is 2.69. The second kappa shape index (κ2) is 5.89. The average molecular weight is 271 g/mol. The Morgan fingerprint density at radius 2 is 1.94 bits per heavy atom. The standard InChI is InChI=1S/C14H20ClFN2/c1-17(2)13-3-5-18(6-4-13)14-8-11(10-15)7-12(16)9-14/h7-9,13H,3-6,10H2,1-2H3. The number of hydrogen-bond donors (Lipinski definition) is 0. The molecule has 1 fully saturated rings. The summed E-state index contributed by atoms with van der Waals surface area (Å²) in [6.07, 6.45) is 2.25. The van der Waals surface area contributed by atoms with Crippen LogP contribution in [0.1, 0.15) is 18.4 Å². The van der Waals surface area contributed by atoms with Crippen LogP contribution in [-0.2, 0) is 5.88 Å². The monoisotopic (exact) mass is 270 g/mol. The lowest BCUT2D eigenvalue weighted by atomic mass is 10.0. The van der Waals surface area contributed by atoms with Crippen LogP contribution in [0.4, 0.5) is 10.1 Å². The molecule has 1 saturated heterocycles. The maximum absolute atomic E-state index is 13.5. The number of nitrogens with zero attached hydrogens (tertiary/aromatic N) is 2. The van der Waals surface area contributed by atoms with E-state index in [4.69, 9.17) is 11.6 Å². The van der Waals surface area contributed by atoms with Gasteiger partial charge in [-0.3, -0.25) is 0 Å². The molecule has 0 amide bonds. The molecule has 4 heteroatoms. The van der Waals surface area contributed by atoms with Crippen LogP contribution in [0.15, 0.2) is 18.2 Å². The van der Waals surface area contributed by atoms with Gasteiger partial charge in [-0.1, -0.05) is 0 Å². The molecule has 0 aliphatic carbocycles. The molecule has 0 unspecified atom stereocenters. The van der Waals surface area contributed by atoms with Crippen LogP contribution in [0.25, 0.3) is 0 Å². The van der Waals surface area contributed by atoms with Crippen LogP contribution >= 0.6 is 11.6 Å². The second-order valence-electron chi connectivity index (χ2n) is 5.13. The molecule has 18 heavy (non-hydrogen) atoms. The largest absolute Gasteiger partial charge is 0.371 e. The van der Waals surface area contributed by atoms with E-state index < -0.39 is 0 Å². The van der Waals surface area contributed by atoms with Gasteiger partial charge in [0.05, 0.1) is 0 Å². The minimum Gasteiger partial charge on any atom is -0.371 e. The SMILES string of the molecule is CN(C)C1CCN(c2cc(F)cc(CCl)c2)CC1. The van der Waals surface area contributed by atoms with Crippen molar-refractivity contribution in [2.75, 3.05) is 32.1 Å². The lowest BCUT2D eigenvalue weighted by molar-refractivity contribution is 0.249. The molecule has 0 atom stereocenters. The summed E-state index contributed by atoms with van der Waals surface area (Å²) < 4.78 is 13.5. The van der Waals surface area contributed by atoms with E-state index in [1.807, 2.05) is 6.07 Å². The highest BCUT2D eigenvalue weighted by molar-refractivity contribution is 6.17. The van der Waals surface area contributed by atoms with E-state index in [0.29, 0.717) is 11.9 Å². The molecule has 1 aliphatic rings. The fraction of sp³-hybridized carbons (Fsp3) is 0.571. The first-order valence-corrected chi connectivity index (χ1v) is 6.90. The molecular weight excluding hydrogens is 251 g/mol. The Morgan fingerprint density at radius 3 is 2.50 bits per heavy atom. The summed E-state index contributed by atoms with van der Waals surface area (Å²) in [7, 11) is 4.24. The summed E-state index contributed by atoms with van der Waals surface area (Å²) in [4.78, 5) is 4.52. The highest BCUT2D eigenvalue weighted by Crippen LogP contribution is 2.24. The third-order valence-corrected chi connectivity index (χ3v) is 3.97. The Hall–Kier alpha value is -0.800. The van der Waals surface area contributed by atoms with E-state index in [0.717, 1.165) is 37.2 Å². The van der Waals surface area contributed by atoms with Gasteiger partial charge in [-0.2, -0.15) is 0 Å². The van der Waals surface area contributed by atoms with Crippen LogP contribution in [0.2, 0.25) is 0 Å². The van der Waals surface area contributed by atoms with Gasteiger partial charge in [0, 0.05) is 30.7 Å². The molecule has 0 N–H and O–H groups in total. The number of benzene rings is 1. The molecule has 0 bridgehead atoms. The Kier molecular flexibility index (Phi) is 4.46. The quantitative estimate of drug-likeness (QED) is 0.779. The molecule has 2 rings (SSSR count). The average Bonchev–Trinajstić information content (AvgIpc) is 2.38. The van der Waals surface area contributed by atoms with E-state index >= 15 is 0 Å². The molecule has 0 saturated carbocycles. The number of rotatable bonds is 3. The van der Waals surface area contributed by atoms with E-state index in [-0.39, 0.29) is 5.82 Å². The maximum Gasteiger partial charge on any atom is 0.125 e. The van der Waals surface area contributed by atoms with Crippen LogP contribution < -0.4 is 4.90 Å². The van der Waals surface area contributed by atoms with Crippen LogP contribution in [0.3, 0.4) is 0 Å². The van der Waals surface area contributed by atoms with Crippen molar-refractivity contribution in [3.05, 3.63) is 29.6 Å². The molecule has 0 aromatic heterocycles. The molecule has 0 radical (unpaired) electrons. The Labute approximate surface area is 113 Å². The van der Waals surface area contributed by atoms with Crippen molar-refractivity contribution < 1.29 is 4.39 Å². The Balaban J connectivity index is 2.07. The van der Waals surface area contributed by atoms with E-state index in [2.05, 4.69) is 23.9 Å². The zero-order valence-corrected chi connectivity index (χ0v) is 11.8. The summed E-state index contributed by atoms with van der Waals surface area (Å²) in [5.41, 5.74) is 1.81. The van der Waals surface area contributed by atoms with Crippen molar-refractivity contribution in [3.8, 4) is 0 Å². The first-order valence-electron chi connectivity index (χ1n) is 6.37. The molecule has 1 heterocycles. The lowest BCUT2D eigenvalue weighted by Crippen LogP contribution is -2.42. The summed E-state index contributed by atoms with van der Waals surface area (Å²) >= 11 is 5.78. The Morgan fingerprint density at radius 1 is 1.28 bits per heavy atom. The molecule has 1 aliphatic heterocycles. The minimum absolute atomic E-state index is 0.196. The zero-order chi connectivity index (χ0) is 13.1. The third-order valence-electron chi connectivity index (χ3n) is 3.66. The van der Waals surface area contributed by atoms with Crippen LogP contribution in [0.5, 0.6) is 0 Å². The number of alkyl halides is 1. The highest BCUT2D eigenvalue weighted by atomic mass is 35.5. The topological polar surface area (TPSA) is 6.48 Å². The van der Waals surface area contributed by atoms with E-state index in [1.54, 1.807) is 6.07 Å². The molecule has 100 valence electrons. The zero-order valence-electron chi connectivity index (χ0n) is 11.0. The highest BCUT2D eigenvalue weighted by Gasteiger charge is 2.21. The van der Waals surface area contributed by atoms with Crippen molar-refractivity contribution in [2.45, 2.75) is 24.8 Å². The predicted molar refractivity (Wildman–Crippen MR) is 74.9 cm³/mol. The number of halogens is 2. The van der Waals surface area contributed by atoms with Gasteiger partial charge < -0.3 is 9.80 Å². The van der Waals surface area contributed by atoms with Gasteiger partial charge in [0.1, 0.15) is 5.82 Å². The first-order chi connectivity index (χ1) is 8.60. The number of anilines is 1. The lowest BCUT2D eigenvalue weighted by Gasteiger charge is -2.36. The van der Waals surface area contributed by atoms with Crippen molar-refractivity contribution in [2.24, 2.45) is 0 Å². The first kappa shape index (κ1) is 13.6. The number of piperidine rings is 1. The van der Waals surface area contributed by atoms with Crippen LogP contribution in [-0.4, -0.2) is 38.1 Å². The third kappa shape index (κ3) is 3.15.